The van der Waals surface area contributed by atoms with Gasteiger partial charge in [-0.2, -0.15) is 0 Å². The smallest absolute Gasteiger partial charge is 0.235 e. The van der Waals surface area contributed by atoms with Gasteiger partial charge in [0.15, 0.2) is 0 Å². The van der Waals surface area contributed by atoms with Gasteiger partial charge in [0.1, 0.15) is 5.67 Å². The minimum atomic E-state index is -3.73. The Morgan fingerprint density at radius 2 is 1.86 bits per heavy atom. The van der Waals surface area contributed by atoms with Gasteiger partial charge in [0.2, 0.25) is 9.05 Å². The Kier molecular flexibility index (Phi) is 3.81. The Hall–Kier alpha value is 0.170. The van der Waals surface area contributed by atoms with Gasteiger partial charge in [-0.3, -0.25) is 0 Å². The lowest BCUT2D eigenvalue weighted by molar-refractivity contribution is 0.0976. The molecule has 84 valence electrons. The average molecular weight is 243 g/mol. The molecule has 0 bridgehead atoms. The second-order valence-corrected chi connectivity index (χ2v) is 7.07. The van der Waals surface area contributed by atoms with Gasteiger partial charge in [-0.15, -0.1) is 0 Å². The molecule has 0 aromatic carbocycles. The van der Waals surface area contributed by atoms with Crippen LogP contribution in [-0.2, 0) is 9.05 Å². The van der Waals surface area contributed by atoms with Crippen molar-refractivity contribution < 1.29 is 12.8 Å². The van der Waals surface area contributed by atoms with Crippen molar-refractivity contribution in [3.63, 3.8) is 0 Å². The van der Waals surface area contributed by atoms with Crippen LogP contribution < -0.4 is 0 Å². The van der Waals surface area contributed by atoms with Crippen molar-refractivity contribution in [1.29, 1.82) is 0 Å². The normalized spacial score (nSPS) is 24.5. The van der Waals surface area contributed by atoms with E-state index in [1.165, 1.54) is 6.92 Å². The van der Waals surface area contributed by atoms with Gasteiger partial charge in [0.25, 0.3) is 0 Å². The molecule has 1 atom stereocenters. The molecule has 1 unspecified atom stereocenters. The molecule has 1 aliphatic carbocycles. The Morgan fingerprint density at radius 3 is 2.29 bits per heavy atom. The molecule has 1 aliphatic rings. The molecule has 0 N–H and O–H groups in total. The highest BCUT2D eigenvalue weighted by atomic mass is 35.7. The lowest BCUT2D eigenvalue weighted by Crippen LogP contribution is -2.37. The van der Waals surface area contributed by atoms with Crippen molar-refractivity contribution in [3.8, 4) is 0 Å². The van der Waals surface area contributed by atoms with Crippen LogP contribution in [0.15, 0.2) is 0 Å². The summed E-state index contributed by atoms with van der Waals surface area (Å²) in [6.45, 7) is 1.35. The van der Waals surface area contributed by atoms with E-state index in [2.05, 4.69) is 0 Å². The number of alkyl halides is 1. The zero-order valence-electron chi connectivity index (χ0n) is 8.30. The molecule has 1 rings (SSSR count). The van der Waals surface area contributed by atoms with E-state index < -0.39 is 20.5 Å². The van der Waals surface area contributed by atoms with Crippen molar-refractivity contribution in [2.75, 3.05) is 5.75 Å². The first-order valence-electron chi connectivity index (χ1n) is 4.92. The molecule has 0 saturated heterocycles. The molecular formula is C9H16ClFO2S. The quantitative estimate of drug-likeness (QED) is 0.714. The highest BCUT2D eigenvalue weighted by molar-refractivity contribution is 8.13. The topological polar surface area (TPSA) is 34.1 Å². The van der Waals surface area contributed by atoms with Gasteiger partial charge >= 0.3 is 0 Å². The monoisotopic (exact) mass is 242 g/mol. The standard InChI is InChI=1S/C9H16ClFO2S/c1-9(11,7-14(10,12)13)8-5-3-2-4-6-8/h8H,2-7H2,1H3. The predicted molar refractivity (Wildman–Crippen MR) is 55.7 cm³/mol. The first-order valence-corrected chi connectivity index (χ1v) is 7.40. The number of rotatable bonds is 3. The van der Waals surface area contributed by atoms with Gasteiger partial charge < -0.3 is 0 Å². The van der Waals surface area contributed by atoms with E-state index in [9.17, 15) is 12.8 Å². The van der Waals surface area contributed by atoms with Crippen LogP contribution >= 0.6 is 10.7 Å². The summed E-state index contributed by atoms with van der Waals surface area (Å²) in [5.41, 5.74) is -1.67. The van der Waals surface area contributed by atoms with Crippen LogP contribution in [0.5, 0.6) is 0 Å². The van der Waals surface area contributed by atoms with E-state index in [0.29, 0.717) is 0 Å². The van der Waals surface area contributed by atoms with E-state index >= 15 is 0 Å². The summed E-state index contributed by atoms with van der Waals surface area (Å²) >= 11 is 0. The maximum absolute atomic E-state index is 14.0. The summed E-state index contributed by atoms with van der Waals surface area (Å²) in [6, 6.07) is 0. The van der Waals surface area contributed by atoms with Gasteiger partial charge in [-0.1, -0.05) is 19.3 Å². The predicted octanol–water partition coefficient (Wildman–Crippen LogP) is 2.86. The largest absolute Gasteiger partial charge is 0.243 e. The molecule has 0 radical (unpaired) electrons. The highest BCUT2D eigenvalue weighted by Gasteiger charge is 2.38. The summed E-state index contributed by atoms with van der Waals surface area (Å²) in [5.74, 6) is -0.712. The molecule has 0 heterocycles. The number of halogens is 2. The van der Waals surface area contributed by atoms with E-state index in [-0.39, 0.29) is 5.92 Å². The van der Waals surface area contributed by atoms with Crippen molar-refractivity contribution >= 4 is 19.7 Å². The molecule has 5 heteroatoms. The Balaban J connectivity index is 2.63. The number of hydrogen-bond acceptors (Lipinski definition) is 2. The second kappa shape index (κ2) is 4.35. The lowest BCUT2D eigenvalue weighted by Gasteiger charge is -2.32. The highest BCUT2D eigenvalue weighted by Crippen LogP contribution is 2.36. The average Bonchev–Trinajstić information content (AvgIpc) is 2.01. The van der Waals surface area contributed by atoms with Crippen LogP contribution in [0.3, 0.4) is 0 Å². The summed E-state index contributed by atoms with van der Waals surface area (Å²) in [6.07, 6.45) is 4.66. The molecule has 1 fully saturated rings. The van der Waals surface area contributed by atoms with Crippen LogP contribution in [0.4, 0.5) is 4.39 Å². The van der Waals surface area contributed by atoms with Crippen molar-refractivity contribution in [2.45, 2.75) is 44.7 Å². The van der Waals surface area contributed by atoms with Crippen LogP contribution in [0.1, 0.15) is 39.0 Å². The van der Waals surface area contributed by atoms with Crippen molar-refractivity contribution in [2.24, 2.45) is 5.92 Å². The van der Waals surface area contributed by atoms with Crippen LogP contribution in [-0.4, -0.2) is 19.8 Å². The minimum Gasteiger partial charge on any atom is -0.243 e. The van der Waals surface area contributed by atoms with Crippen molar-refractivity contribution in [1.82, 2.24) is 0 Å². The zero-order valence-corrected chi connectivity index (χ0v) is 9.87. The molecule has 14 heavy (non-hydrogen) atoms. The molecular weight excluding hydrogens is 227 g/mol. The first kappa shape index (κ1) is 12.2. The fourth-order valence-corrected chi connectivity index (χ4v) is 3.71. The van der Waals surface area contributed by atoms with E-state index in [1.807, 2.05) is 0 Å². The first-order chi connectivity index (χ1) is 6.31. The zero-order chi connectivity index (χ0) is 10.8. The third-order valence-electron chi connectivity index (χ3n) is 2.91. The molecule has 1 saturated carbocycles. The summed E-state index contributed by atoms with van der Waals surface area (Å²) in [5, 5.41) is 0. The Labute approximate surface area is 89.3 Å². The second-order valence-electron chi connectivity index (χ2n) is 4.30. The maximum Gasteiger partial charge on any atom is 0.235 e. The fraction of sp³-hybridized carbons (Fsp3) is 1.00. The van der Waals surface area contributed by atoms with Gasteiger partial charge in [0, 0.05) is 10.7 Å². The Morgan fingerprint density at radius 1 is 1.36 bits per heavy atom. The lowest BCUT2D eigenvalue weighted by atomic mass is 9.80. The van der Waals surface area contributed by atoms with E-state index in [1.54, 1.807) is 0 Å². The van der Waals surface area contributed by atoms with E-state index in [0.717, 1.165) is 32.1 Å². The van der Waals surface area contributed by atoms with Crippen molar-refractivity contribution in [3.05, 3.63) is 0 Å². The van der Waals surface area contributed by atoms with Gasteiger partial charge in [0.05, 0.1) is 5.75 Å². The van der Waals surface area contributed by atoms with Gasteiger partial charge in [-0.25, -0.2) is 12.8 Å². The summed E-state index contributed by atoms with van der Waals surface area (Å²) in [4.78, 5) is 0. The fourth-order valence-electron chi connectivity index (χ4n) is 2.16. The molecule has 0 aromatic rings. The minimum absolute atomic E-state index is 0.148. The van der Waals surface area contributed by atoms with Crippen LogP contribution in [0.25, 0.3) is 0 Å². The molecule has 0 spiro atoms. The molecule has 2 nitrogen and oxygen atoms in total. The van der Waals surface area contributed by atoms with Gasteiger partial charge in [-0.05, 0) is 25.7 Å². The SMILES string of the molecule is CC(F)(CS(=O)(=O)Cl)C1CCCCC1. The summed E-state index contributed by atoms with van der Waals surface area (Å²) < 4.78 is 35.6. The Bertz CT molecular complexity index is 281. The van der Waals surface area contributed by atoms with Crippen LogP contribution in [0.2, 0.25) is 0 Å². The van der Waals surface area contributed by atoms with Crippen LogP contribution in [0, 0.1) is 5.92 Å². The third-order valence-corrected chi connectivity index (χ3v) is 4.15. The molecule has 0 amide bonds. The van der Waals surface area contributed by atoms with E-state index in [4.69, 9.17) is 10.7 Å². The molecule has 0 aromatic heterocycles. The summed E-state index contributed by atoms with van der Waals surface area (Å²) in [7, 11) is 1.34. The third kappa shape index (κ3) is 3.73. The number of hydrogen-bond donors (Lipinski definition) is 0. The maximum atomic E-state index is 14.0. The molecule has 0 aliphatic heterocycles.